The molecule has 5 nitrogen and oxygen atoms in total. The number of aromatic nitrogens is 1. The molecule has 1 aliphatic carbocycles. The first kappa shape index (κ1) is 15.0. The molecule has 0 atom stereocenters. The lowest BCUT2D eigenvalue weighted by molar-refractivity contribution is -0.115. The number of anilines is 1. The number of nitrogens with one attached hydrogen (secondary N) is 3. The van der Waals surface area contributed by atoms with Crippen LogP contribution < -0.4 is 10.6 Å². The molecule has 122 valence electrons. The van der Waals surface area contributed by atoms with Gasteiger partial charge in [-0.05, 0) is 35.9 Å². The van der Waals surface area contributed by atoms with Crippen molar-refractivity contribution in [2.45, 2.75) is 25.3 Å². The van der Waals surface area contributed by atoms with Crippen LogP contribution in [0, 0.1) is 0 Å². The maximum absolute atomic E-state index is 12.4. The average molecular weight is 339 g/mol. The van der Waals surface area contributed by atoms with Gasteiger partial charge in [0.15, 0.2) is 0 Å². The van der Waals surface area contributed by atoms with Crippen molar-refractivity contribution in [3.05, 3.63) is 53.0 Å². The zero-order chi connectivity index (χ0) is 16.5. The molecular weight excluding hydrogens is 322 g/mol. The van der Waals surface area contributed by atoms with Gasteiger partial charge in [0.25, 0.3) is 5.91 Å². The van der Waals surface area contributed by atoms with E-state index in [4.69, 9.17) is 0 Å². The number of carbonyl (C=O) groups excluding carboxylic acids is 2. The molecule has 2 amide bonds. The number of hydrogen-bond acceptors (Lipinski definition) is 3. The van der Waals surface area contributed by atoms with Crippen LogP contribution in [0.25, 0.3) is 10.9 Å². The first-order chi connectivity index (χ1) is 11.7. The Labute approximate surface area is 143 Å². The van der Waals surface area contributed by atoms with Gasteiger partial charge >= 0.3 is 0 Å². The summed E-state index contributed by atoms with van der Waals surface area (Å²) in [5.41, 5.74) is 2.50. The van der Waals surface area contributed by atoms with Gasteiger partial charge < -0.3 is 15.6 Å². The van der Waals surface area contributed by atoms with Crippen LogP contribution >= 0.6 is 11.3 Å². The summed E-state index contributed by atoms with van der Waals surface area (Å²) in [5, 5.41) is 9.30. The van der Waals surface area contributed by atoms with E-state index in [2.05, 4.69) is 15.6 Å². The Morgan fingerprint density at radius 1 is 1.21 bits per heavy atom. The zero-order valence-electron chi connectivity index (χ0n) is 13.0. The Bertz CT molecular complexity index is 908. The molecule has 0 saturated heterocycles. The minimum atomic E-state index is -0.123. The number of fused-ring (bicyclic) bond motifs is 1. The lowest BCUT2D eigenvalue weighted by Gasteiger charge is -2.07. The van der Waals surface area contributed by atoms with E-state index in [1.54, 1.807) is 6.07 Å². The van der Waals surface area contributed by atoms with Crippen LogP contribution in [0.4, 0.5) is 5.00 Å². The second-order valence-corrected chi connectivity index (χ2v) is 6.91. The number of benzene rings is 1. The number of thiophene rings is 1. The van der Waals surface area contributed by atoms with Crippen molar-refractivity contribution in [1.82, 2.24) is 10.3 Å². The summed E-state index contributed by atoms with van der Waals surface area (Å²) >= 11 is 1.37. The van der Waals surface area contributed by atoms with Gasteiger partial charge in [-0.3, -0.25) is 9.59 Å². The van der Waals surface area contributed by atoms with Gasteiger partial charge in [-0.15, -0.1) is 11.3 Å². The van der Waals surface area contributed by atoms with Gasteiger partial charge in [0, 0.05) is 23.1 Å². The van der Waals surface area contributed by atoms with Crippen LogP contribution in [0.3, 0.4) is 0 Å². The van der Waals surface area contributed by atoms with Crippen LogP contribution in [0.1, 0.15) is 28.8 Å². The van der Waals surface area contributed by atoms with Crippen molar-refractivity contribution in [2.24, 2.45) is 0 Å². The average Bonchev–Trinajstić information content (AvgIpc) is 3.11. The van der Waals surface area contributed by atoms with Crippen LogP contribution in [-0.2, 0) is 11.2 Å². The highest BCUT2D eigenvalue weighted by atomic mass is 32.1. The van der Waals surface area contributed by atoms with Crippen molar-refractivity contribution in [1.29, 1.82) is 0 Å². The van der Waals surface area contributed by atoms with E-state index >= 15 is 0 Å². The topological polar surface area (TPSA) is 74.0 Å². The molecule has 2 heterocycles. The molecule has 0 spiro atoms. The molecule has 1 fully saturated rings. The highest BCUT2D eigenvalue weighted by molar-refractivity contribution is 7.14. The number of para-hydroxylation sites is 1. The lowest BCUT2D eigenvalue weighted by atomic mass is 10.1. The van der Waals surface area contributed by atoms with E-state index in [-0.39, 0.29) is 18.2 Å². The molecule has 1 aromatic carbocycles. The molecule has 0 aliphatic heterocycles. The van der Waals surface area contributed by atoms with E-state index in [1.807, 2.05) is 35.8 Å². The lowest BCUT2D eigenvalue weighted by Crippen LogP contribution is -2.26. The predicted molar refractivity (Wildman–Crippen MR) is 95.4 cm³/mol. The third-order valence-electron chi connectivity index (χ3n) is 4.10. The van der Waals surface area contributed by atoms with Gasteiger partial charge in [-0.1, -0.05) is 18.2 Å². The molecule has 0 radical (unpaired) electrons. The first-order valence-corrected chi connectivity index (χ1v) is 8.82. The smallest absolute Gasteiger partial charge is 0.254 e. The molecule has 3 N–H and O–H groups in total. The van der Waals surface area contributed by atoms with Gasteiger partial charge in [-0.25, -0.2) is 0 Å². The maximum atomic E-state index is 12.4. The Kier molecular flexibility index (Phi) is 3.82. The zero-order valence-corrected chi connectivity index (χ0v) is 13.8. The summed E-state index contributed by atoms with van der Waals surface area (Å²) in [6.45, 7) is 0. The van der Waals surface area contributed by atoms with Crippen molar-refractivity contribution < 1.29 is 9.59 Å². The number of hydrogen-bond donors (Lipinski definition) is 3. The van der Waals surface area contributed by atoms with Gasteiger partial charge in [0.1, 0.15) is 5.00 Å². The molecular formula is C18H17N3O2S. The number of amides is 2. The highest BCUT2D eigenvalue weighted by Crippen LogP contribution is 2.26. The number of rotatable bonds is 5. The Hall–Kier alpha value is -2.60. The SMILES string of the molecule is O=C(Cc1c[nH]c2ccccc12)Nc1sccc1C(=O)NC1CC1. The Morgan fingerprint density at radius 2 is 2.04 bits per heavy atom. The van der Waals surface area contributed by atoms with Crippen LogP contribution in [0.2, 0.25) is 0 Å². The van der Waals surface area contributed by atoms with E-state index < -0.39 is 0 Å². The molecule has 0 bridgehead atoms. The standard InChI is InChI=1S/C18H17N3O2S/c22-16(9-11-10-19-15-4-2-1-3-13(11)15)21-18-14(7-8-24-18)17(23)20-12-5-6-12/h1-4,7-8,10,12,19H,5-6,9H2,(H,20,23)(H,21,22). The predicted octanol–water partition coefficient (Wildman–Crippen LogP) is 3.30. The summed E-state index contributed by atoms with van der Waals surface area (Å²) in [5.74, 6) is -0.233. The molecule has 0 unspecified atom stereocenters. The second-order valence-electron chi connectivity index (χ2n) is 6.00. The molecule has 2 aromatic heterocycles. The quantitative estimate of drug-likeness (QED) is 0.667. The molecule has 4 rings (SSSR count). The second kappa shape index (κ2) is 6.13. The largest absolute Gasteiger partial charge is 0.361 e. The van der Waals surface area contributed by atoms with E-state index in [9.17, 15) is 9.59 Å². The van der Waals surface area contributed by atoms with Gasteiger partial charge in [0.2, 0.25) is 5.91 Å². The summed E-state index contributed by atoms with van der Waals surface area (Å²) in [6.07, 6.45) is 4.21. The number of carbonyl (C=O) groups is 2. The van der Waals surface area contributed by atoms with Crippen molar-refractivity contribution >= 4 is 39.1 Å². The van der Waals surface area contributed by atoms with Crippen LogP contribution in [-0.4, -0.2) is 22.8 Å². The normalized spacial score (nSPS) is 13.8. The Morgan fingerprint density at radius 3 is 2.88 bits per heavy atom. The van der Waals surface area contributed by atoms with Crippen LogP contribution in [0.15, 0.2) is 41.9 Å². The molecule has 1 aliphatic rings. The monoisotopic (exact) mass is 339 g/mol. The summed E-state index contributed by atoms with van der Waals surface area (Å²) in [4.78, 5) is 27.7. The van der Waals surface area contributed by atoms with E-state index in [0.717, 1.165) is 29.3 Å². The Balaban J connectivity index is 1.46. The van der Waals surface area contributed by atoms with Gasteiger partial charge in [-0.2, -0.15) is 0 Å². The minimum Gasteiger partial charge on any atom is -0.361 e. The van der Waals surface area contributed by atoms with E-state index in [1.165, 1.54) is 11.3 Å². The number of aromatic amines is 1. The van der Waals surface area contributed by atoms with Gasteiger partial charge in [0.05, 0.1) is 12.0 Å². The fraction of sp³-hybridized carbons (Fsp3) is 0.222. The fourth-order valence-corrected chi connectivity index (χ4v) is 3.50. The fourth-order valence-electron chi connectivity index (χ4n) is 2.70. The minimum absolute atomic E-state index is 0.110. The highest BCUT2D eigenvalue weighted by Gasteiger charge is 2.25. The molecule has 24 heavy (non-hydrogen) atoms. The van der Waals surface area contributed by atoms with E-state index in [0.29, 0.717) is 16.6 Å². The van der Waals surface area contributed by atoms with Crippen LogP contribution in [0.5, 0.6) is 0 Å². The summed E-state index contributed by atoms with van der Waals surface area (Å²) in [7, 11) is 0. The third kappa shape index (κ3) is 3.05. The maximum Gasteiger partial charge on any atom is 0.254 e. The number of H-pyrrole nitrogens is 1. The summed E-state index contributed by atoms with van der Waals surface area (Å²) < 4.78 is 0. The van der Waals surface area contributed by atoms with Crippen molar-refractivity contribution in [3.63, 3.8) is 0 Å². The van der Waals surface area contributed by atoms with Crippen molar-refractivity contribution in [3.8, 4) is 0 Å². The molecule has 3 aromatic rings. The van der Waals surface area contributed by atoms with Crippen molar-refractivity contribution in [2.75, 3.05) is 5.32 Å². The third-order valence-corrected chi connectivity index (χ3v) is 4.93. The first-order valence-electron chi connectivity index (χ1n) is 7.94. The summed E-state index contributed by atoms with van der Waals surface area (Å²) in [6, 6.07) is 9.94. The molecule has 6 heteroatoms. The molecule has 1 saturated carbocycles.